The summed E-state index contributed by atoms with van der Waals surface area (Å²) in [4.78, 5) is 12.7. The van der Waals surface area contributed by atoms with Crippen molar-refractivity contribution in [3.05, 3.63) is 59.2 Å². The summed E-state index contributed by atoms with van der Waals surface area (Å²) in [6, 6.07) is 12.1. The van der Waals surface area contributed by atoms with Gasteiger partial charge in [0, 0.05) is 18.2 Å². The molecule has 0 bridgehead atoms. The number of sulfonamides is 1. The molecule has 0 fully saturated rings. The van der Waals surface area contributed by atoms with Gasteiger partial charge in [-0.1, -0.05) is 23.8 Å². The molecule has 0 atom stereocenters. The largest absolute Gasteiger partial charge is 0.350 e. The quantitative estimate of drug-likeness (QED) is 0.914. The van der Waals surface area contributed by atoms with Crippen molar-refractivity contribution in [2.75, 3.05) is 10.8 Å². The molecule has 2 aromatic carbocycles. The number of carbonyl (C=O) groups is 1. The molecule has 1 amide bonds. The second-order valence-electron chi connectivity index (χ2n) is 6.57. The summed E-state index contributed by atoms with van der Waals surface area (Å²) in [6.45, 7) is 6.06. The predicted octanol–water partition coefficient (Wildman–Crippen LogP) is 2.88. The normalized spacial score (nSPS) is 13.8. The van der Waals surface area contributed by atoms with Crippen LogP contribution in [-0.2, 0) is 16.4 Å². The van der Waals surface area contributed by atoms with E-state index in [-0.39, 0.29) is 16.8 Å². The zero-order valence-corrected chi connectivity index (χ0v) is 15.4. The van der Waals surface area contributed by atoms with Crippen LogP contribution >= 0.6 is 0 Å². The minimum absolute atomic E-state index is 0.0251. The molecule has 5 nitrogen and oxygen atoms in total. The number of fused-ring (bicyclic) bond motifs is 1. The van der Waals surface area contributed by atoms with Crippen LogP contribution in [0, 0.1) is 6.92 Å². The van der Waals surface area contributed by atoms with Crippen LogP contribution in [0.5, 0.6) is 0 Å². The average molecular weight is 358 g/mol. The Bertz CT molecular complexity index is 903. The van der Waals surface area contributed by atoms with Crippen molar-refractivity contribution in [3.63, 3.8) is 0 Å². The third kappa shape index (κ3) is 3.26. The summed E-state index contributed by atoms with van der Waals surface area (Å²) < 4.78 is 27.4. The molecule has 6 heteroatoms. The van der Waals surface area contributed by atoms with Gasteiger partial charge in [-0.3, -0.25) is 9.10 Å². The molecular formula is C19H22N2O3S. The van der Waals surface area contributed by atoms with Crippen molar-refractivity contribution < 1.29 is 13.2 Å². The average Bonchev–Trinajstić information content (AvgIpc) is 2.99. The Morgan fingerprint density at radius 3 is 2.44 bits per heavy atom. The third-order valence-electron chi connectivity index (χ3n) is 4.26. The first-order valence-electron chi connectivity index (χ1n) is 8.33. The molecule has 1 aliphatic heterocycles. The lowest BCUT2D eigenvalue weighted by Gasteiger charge is -2.20. The number of rotatable bonds is 4. The van der Waals surface area contributed by atoms with Crippen molar-refractivity contribution in [2.45, 2.75) is 38.1 Å². The fourth-order valence-electron chi connectivity index (χ4n) is 3.04. The number of nitrogens with one attached hydrogen (secondary N) is 1. The zero-order chi connectivity index (χ0) is 18.2. The van der Waals surface area contributed by atoms with Gasteiger partial charge in [0.2, 0.25) is 0 Å². The fourth-order valence-corrected chi connectivity index (χ4v) is 4.54. The Morgan fingerprint density at radius 2 is 1.80 bits per heavy atom. The van der Waals surface area contributed by atoms with Gasteiger partial charge in [-0.25, -0.2) is 8.42 Å². The van der Waals surface area contributed by atoms with Crippen LogP contribution in [0.15, 0.2) is 47.4 Å². The number of aryl methyl sites for hydroxylation is 1. The van der Waals surface area contributed by atoms with Gasteiger partial charge in [-0.05, 0) is 57.0 Å². The number of nitrogens with zero attached hydrogens (tertiary/aromatic N) is 1. The smallest absolute Gasteiger partial charge is 0.264 e. The molecule has 1 N–H and O–H groups in total. The fraction of sp³-hybridized carbons (Fsp3) is 0.316. The van der Waals surface area contributed by atoms with Crippen LogP contribution in [0.3, 0.4) is 0 Å². The first-order chi connectivity index (χ1) is 11.8. The van der Waals surface area contributed by atoms with Crippen LogP contribution in [0.4, 0.5) is 5.69 Å². The molecule has 0 radical (unpaired) electrons. The maximum absolute atomic E-state index is 13.0. The lowest BCUT2D eigenvalue weighted by atomic mass is 10.0. The third-order valence-corrected chi connectivity index (χ3v) is 6.09. The Kier molecular flexibility index (Phi) is 4.56. The highest BCUT2D eigenvalue weighted by molar-refractivity contribution is 7.92. The molecule has 0 unspecified atom stereocenters. The highest BCUT2D eigenvalue weighted by Crippen LogP contribution is 2.35. The molecule has 132 valence electrons. The number of benzene rings is 2. The van der Waals surface area contributed by atoms with E-state index in [1.54, 1.807) is 42.5 Å². The summed E-state index contributed by atoms with van der Waals surface area (Å²) in [6.07, 6.45) is 0.530. The van der Waals surface area contributed by atoms with Crippen molar-refractivity contribution in [2.24, 2.45) is 0 Å². The lowest BCUT2D eigenvalue weighted by molar-refractivity contribution is 0.0942. The Balaban J connectivity index is 2.00. The van der Waals surface area contributed by atoms with Crippen molar-refractivity contribution in [3.8, 4) is 0 Å². The summed E-state index contributed by atoms with van der Waals surface area (Å²) in [5.74, 6) is -0.165. The van der Waals surface area contributed by atoms with Crippen LogP contribution in [0.2, 0.25) is 0 Å². The highest BCUT2D eigenvalue weighted by Gasteiger charge is 2.33. The van der Waals surface area contributed by atoms with Gasteiger partial charge in [0.1, 0.15) is 0 Å². The number of hydrogen-bond donors (Lipinski definition) is 1. The van der Waals surface area contributed by atoms with Gasteiger partial charge in [0.05, 0.1) is 10.6 Å². The van der Waals surface area contributed by atoms with Gasteiger partial charge in [0.25, 0.3) is 15.9 Å². The number of anilines is 1. The van der Waals surface area contributed by atoms with Crippen LogP contribution in [0.25, 0.3) is 0 Å². The van der Waals surface area contributed by atoms with Gasteiger partial charge in [-0.15, -0.1) is 0 Å². The van der Waals surface area contributed by atoms with E-state index in [4.69, 9.17) is 0 Å². The maximum atomic E-state index is 13.0. The molecule has 1 heterocycles. The standard InChI is InChI=1S/C19H22N2O3S/c1-13(2)20-19(22)17-5-4-6-18-16(17)11-12-21(18)25(23,24)15-9-7-14(3)8-10-15/h4-10,13H,11-12H2,1-3H3,(H,20,22). The Morgan fingerprint density at radius 1 is 1.12 bits per heavy atom. The topological polar surface area (TPSA) is 66.5 Å². The van der Waals surface area contributed by atoms with Gasteiger partial charge in [0.15, 0.2) is 0 Å². The SMILES string of the molecule is Cc1ccc(S(=O)(=O)N2CCc3c(C(=O)NC(C)C)cccc32)cc1. The maximum Gasteiger partial charge on any atom is 0.264 e. The molecule has 1 aliphatic rings. The lowest BCUT2D eigenvalue weighted by Crippen LogP contribution is -2.31. The van der Waals surface area contributed by atoms with E-state index in [1.165, 1.54) is 4.31 Å². The second-order valence-corrected chi connectivity index (χ2v) is 8.43. The minimum atomic E-state index is -3.63. The van der Waals surface area contributed by atoms with Crippen molar-refractivity contribution in [1.82, 2.24) is 5.32 Å². The zero-order valence-electron chi connectivity index (χ0n) is 14.6. The summed E-state index contributed by atoms with van der Waals surface area (Å²) >= 11 is 0. The molecule has 0 saturated carbocycles. The molecule has 0 aliphatic carbocycles. The van der Waals surface area contributed by atoms with Crippen LogP contribution in [-0.4, -0.2) is 26.9 Å². The summed E-state index contributed by atoms with van der Waals surface area (Å²) in [7, 11) is -3.63. The molecule has 0 aromatic heterocycles. The van der Waals surface area contributed by atoms with E-state index in [0.29, 0.717) is 24.2 Å². The molecule has 2 aromatic rings. The summed E-state index contributed by atoms with van der Waals surface area (Å²) in [5.41, 5.74) is 2.94. The Labute approximate surface area is 148 Å². The van der Waals surface area contributed by atoms with E-state index < -0.39 is 10.0 Å². The van der Waals surface area contributed by atoms with E-state index >= 15 is 0 Å². The van der Waals surface area contributed by atoms with E-state index in [0.717, 1.165) is 11.1 Å². The van der Waals surface area contributed by atoms with Gasteiger partial charge >= 0.3 is 0 Å². The minimum Gasteiger partial charge on any atom is -0.350 e. The first-order valence-corrected chi connectivity index (χ1v) is 9.77. The van der Waals surface area contributed by atoms with Crippen molar-refractivity contribution in [1.29, 1.82) is 0 Å². The van der Waals surface area contributed by atoms with Crippen LogP contribution in [0.1, 0.15) is 35.3 Å². The molecule has 0 saturated heterocycles. The Hall–Kier alpha value is -2.34. The van der Waals surface area contributed by atoms with E-state index in [9.17, 15) is 13.2 Å². The molecular weight excluding hydrogens is 336 g/mol. The van der Waals surface area contributed by atoms with Gasteiger partial charge < -0.3 is 5.32 Å². The number of amides is 1. The van der Waals surface area contributed by atoms with Crippen molar-refractivity contribution >= 4 is 21.6 Å². The van der Waals surface area contributed by atoms with Crippen LogP contribution < -0.4 is 9.62 Å². The summed E-state index contributed by atoms with van der Waals surface area (Å²) in [5, 5.41) is 2.87. The first kappa shape index (κ1) is 17.5. The monoisotopic (exact) mass is 358 g/mol. The number of hydrogen-bond acceptors (Lipinski definition) is 3. The second kappa shape index (κ2) is 6.52. The van der Waals surface area contributed by atoms with E-state index in [2.05, 4.69) is 5.32 Å². The molecule has 3 rings (SSSR count). The molecule has 25 heavy (non-hydrogen) atoms. The highest BCUT2D eigenvalue weighted by atomic mass is 32.2. The number of carbonyl (C=O) groups excluding carboxylic acids is 1. The van der Waals surface area contributed by atoms with Gasteiger partial charge in [-0.2, -0.15) is 0 Å². The predicted molar refractivity (Wildman–Crippen MR) is 98.5 cm³/mol. The molecule has 0 spiro atoms. The van der Waals surface area contributed by atoms with E-state index in [1.807, 2.05) is 20.8 Å².